The molecular weight excluding hydrogens is 356 g/mol. The van der Waals surface area contributed by atoms with E-state index in [1.54, 1.807) is 18.9 Å². The lowest BCUT2D eigenvalue weighted by Gasteiger charge is -2.36. The topological polar surface area (TPSA) is 41.5 Å². The maximum Gasteiger partial charge on any atom is 0.187 e. The van der Waals surface area contributed by atoms with E-state index >= 15 is 0 Å². The lowest BCUT2D eigenvalue weighted by molar-refractivity contribution is 0.123. The second-order valence-corrected chi connectivity index (χ2v) is 8.42. The molecule has 6 heteroatoms. The van der Waals surface area contributed by atoms with Gasteiger partial charge in [-0.25, -0.2) is 9.97 Å². The quantitative estimate of drug-likeness (QED) is 0.562. The molecule has 0 radical (unpaired) electrons. The molecule has 5 rings (SSSR count). The first-order chi connectivity index (χ1) is 13.2. The number of hydrogen-bond donors (Lipinski definition) is 0. The SMILES string of the molecule is COc1ccc(CN2C[C@@H]3CC[C@H](C2)N(Cc2cnc(SC)nc2)C3)cc1. The van der Waals surface area contributed by atoms with Crippen LogP contribution in [0.25, 0.3) is 0 Å². The van der Waals surface area contributed by atoms with E-state index in [1.165, 1.54) is 37.1 Å². The van der Waals surface area contributed by atoms with Gasteiger partial charge in [-0.1, -0.05) is 23.9 Å². The molecule has 0 amide bonds. The minimum atomic E-state index is 0.627. The van der Waals surface area contributed by atoms with Gasteiger partial charge in [0.2, 0.25) is 0 Å². The van der Waals surface area contributed by atoms with Crippen LogP contribution in [0.4, 0.5) is 0 Å². The van der Waals surface area contributed by atoms with Crippen LogP contribution in [0.1, 0.15) is 24.0 Å². The fraction of sp³-hybridized carbons (Fsp3) is 0.524. The zero-order chi connectivity index (χ0) is 18.6. The van der Waals surface area contributed by atoms with Crippen molar-refractivity contribution in [1.82, 2.24) is 19.8 Å². The highest BCUT2D eigenvalue weighted by atomic mass is 32.2. The lowest BCUT2D eigenvalue weighted by Crippen LogP contribution is -2.43. The van der Waals surface area contributed by atoms with E-state index in [1.807, 2.05) is 18.6 Å². The Morgan fingerprint density at radius 1 is 1.00 bits per heavy atom. The zero-order valence-electron chi connectivity index (χ0n) is 16.2. The molecule has 1 aromatic carbocycles. The second-order valence-electron chi connectivity index (χ2n) is 7.65. The average molecular weight is 385 g/mol. The van der Waals surface area contributed by atoms with E-state index in [-0.39, 0.29) is 0 Å². The summed E-state index contributed by atoms with van der Waals surface area (Å²) in [7, 11) is 1.72. The van der Waals surface area contributed by atoms with Crippen LogP contribution in [0.2, 0.25) is 0 Å². The van der Waals surface area contributed by atoms with Crippen LogP contribution in [0, 0.1) is 5.92 Å². The van der Waals surface area contributed by atoms with Gasteiger partial charge >= 0.3 is 0 Å². The van der Waals surface area contributed by atoms with Crippen LogP contribution in [0.15, 0.2) is 41.8 Å². The monoisotopic (exact) mass is 384 g/mol. The van der Waals surface area contributed by atoms with Gasteiger partial charge in [-0.2, -0.15) is 0 Å². The summed E-state index contributed by atoms with van der Waals surface area (Å²) in [6.07, 6.45) is 8.65. The lowest BCUT2D eigenvalue weighted by atomic mass is 9.95. The molecule has 0 saturated carbocycles. The van der Waals surface area contributed by atoms with E-state index in [9.17, 15) is 0 Å². The van der Waals surface area contributed by atoms with Gasteiger partial charge in [-0.05, 0) is 42.7 Å². The molecule has 3 fully saturated rings. The summed E-state index contributed by atoms with van der Waals surface area (Å²) in [5.74, 6) is 1.68. The number of fused-ring (bicyclic) bond motifs is 4. The molecule has 5 nitrogen and oxygen atoms in total. The van der Waals surface area contributed by atoms with Crippen molar-refractivity contribution in [3.05, 3.63) is 47.8 Å². The molecular formula is C21H28N4OS. The van der Waals surface area contributed by atoms with E-state index in [4.69, 9.17) is 4.74 Å². The van der Waals surface area contributed by atoms with Crippen molar-refractivity contribution in [3.63, 3.8) is 0 Å². The molecule has 1 aromatic heterocycles. The third-order valence-corrected chi connectivity index (χ3v) is 6.29. The molecule has 2 atom stereocenters. The second kappa shape index (κ2) is 8.59. The van der Waals surface area contributed by atoms with Gasteiger partial charge in [0, 0.05) is 56.7 Å². The summed E-state index contributed by atoms with van der Waals surface area (Å²) in [6.45, 7) is 5.52. The molecule has 2 aromatic rings. The average Bonchev–Trinajstić information content (AvgIpc) is 3.00. The summed E-state index contributed by atoms with van der Waals surface area (Å²) in [5, 5.41) is 0.849. The van der Waals surface area contributed by atoms with Crippen LogP contribution in [-0.2, 0) is 13.1 Å². The predicted octanol–water partition coefficient (Wildman–Crippen LogP) is 3.30. The van der Waals surface area contributed by atoms with Crippen molar-refractivity contribution in [1.29, 1.82) is 0 Å². The highest BCUT2D eigenvalue weighted by molar-refractivity contribution is 7.98. The Morgan fingerprint density at radius 3 is 2.48 bits per heavy atom. The number of thioether (sulfide) groups is 1. The van der Waals surface area contributed by atoms with Gasteiger partial charge in [0.1, 0.15) is 5.75 Å². The number of ether oxygens (including phenoxy) is 1. The minimum Gasteiger partial charge on any atom is -0.497 e. The molecule has 144 valence electrons. The van der Waals surface area contributed by atoms with Crippen molar-refractivity contribution >= 4 is 11.8 Å². The summed E-state index contributed by atoms with van der Waals surface area (Å²) < 4.78 is 5.28. The Labute approximate surface area is 166 Å². The fourth-order valence-electron chi connectivity index (χ4n) is 4.35. The van der Waals surface area contributed by atoms with E-state index in [0.29, 0.717) is 6.04 Å². The smallest absolute Gasteiger partial charge is 0.187 e. The summed E-state index contributed by atoms with van der Waals surface area (Å²) in [5.41, 5.74) is 2.59. The first-order valence-corrected chi connectivity index (χ1v) is 10.9. The largest absolute Gasteiger partial charge is 0.497 e. The number of methoxy groups -OCH3 is 1. The van der Waals surface area contributed by atoms with Gasteiger partial charge in [0.15, 0.2) is 5.16 Å². The number of aromatic nitrogens is 2. The highest BCUT2D eigenvalue weighted by Crippen LogP contribution is 2.30. The molecule has 0 spiro atoms. The van der Waals surface area contributed by atoms with Crippen molar-refractivity contribution < 1.29 is 4.74 Å². The van der Waals surface area contributed by atoms with Crippen molar-refractivity contribution in [2.24, 2.45) is 5.92 Å². The van der Waals surface area contributed by atoms with Gasteiger partial charge in [0.05, 0.1) is 7.11 Å². The summed E-state index contributed by atoms with van der Waals surface area (Å²) in [4.78, 5) is 14.2. The van der Waals surface area contributed by atoms with Crippen molar-refractivity contribution in [2.45, 2.75) is 37.1 Å². The van der Waals surface area contributed by atoms with Crippen molar-refractivity contribution in [2.75, 3.05) is 33.0 Å². The number of piperidine rings is 1. The molecule has 0 aliphatic carbocycles. The van der Waals surface area contributed by atoms with E-state index < -0.39 is 0 Å². The minimum absolute atomic E-state index is 0.627. The molecule has 3 aliphatic rings. The highest BCUT2D eigenvalue weighted by Gasteiger charge is 2.34. The van der Waals surface area contributed by atoms with Crippen LogP contribution < -0.4 is 4.74 Å². The molecule has 3 aliphatic heterocycles. The van der Waals surface area contributed by atoms with Gasteiger partial charge in [0.25, 0.3) is 0 Å². The van der Waals surface area contributed by atoms with Crippen LogP contribution >= 0.6 is 11.8 Å². The van der Waals surface area contributed by atoms with Crippen LogP contribution in [0.3, 0.4) is 0 Å². The summed E-state index contributed by atoms with van der Waals surface area (Å²) in [6, 6.07) is 9.13. The van der Waals surface area contributed by atoms with E-state index in [2.05, 4.69) is 44.0 Å². The fourth-order valence-corrected chi connectivity index (χ4v) is 4.67. The summed E-state index contributed by atoms with van der Waals surface area (Å²) >= 11 is 1.59. The van der Waals surface area contributed by atoms with Crippen molar-refractivity contribution in [3.8, 4) is 5.75 Å². The molecule has 4 heterocycles. The van der Waals surface area contributed by atoms with Gasteiger partial charge < -0.3 is 4.74 Å². The van der Waals surface area contributed by atoms with Crippen LogP contribution in [-0.4, -0.2) is 58.8 Å². The molecule has 27 heavy (non-hydrogen) atoms. The number of benzene rings is 1. The Balaban J connectivity index is 1.40. The Hall–Kier alpha value is -1.63. The third kappa shape index (κ3) is 4.62. The predicted molar refractivity (Wildman–Crippen MR) is 109 cm³/mol. The first-order valence-electron chi connectivity index (χ1n) is 9.67. The Morgan fingerprint density at radius 2 is 1.78 bits per heavy atom. The van der Waals surface area contributed by atoms with Gasteiger partial charge in [-0.3, -0.25) is 9.80 Å². The maximum atomic E-state index is 5.28. The normalized spacial score (nSPS) is 23.3. The zero-order valence-corrected chi connectivity index (χ0v) is 17.0. The van der Waals surface area contributed by atoms with E-state index in [0.717, 1.165) is 36.5 Å². The van der Waals surface area contributed by atoms with Crippen LogP contribution in [0.5, 0.6) is 5.75 Å². The Bertz CT molecular complexity index is 735. The molecule has 3 saturated heterocycles. The Kier molecular flexibility index (Phi) is 5.95. The third-order valence-electron chi connectivity index (χ3n) is 5.72. The molecule has 0 N–H and O–H groups in total. The number of rotatable bonds is 6. The standard InChI is InChI=1S/C21H28N4OS/c1-26-20-7-4-16(5-8-20)11-24-12-17-3-6-19(15-24)25(13-17)14-18-9-22-21(27-2)23-10-18/h4-5,7-10,17,19H,3,6,11-15H2,1-2H3/t17-,19+/m0/s1. The molecule has 2 bridgehead atoms. The van der Waals surface area contributed by atoms with Gasteiger partial charge in [-0.15, -0.1) is 0 Å². The first kappa shape index (κ1) is 18.7. The number of nitrogens with zero attached hydrogens (tertiary/aromatic N) is 4. The number of hydrogen-bond acceptors (Lipinski definition) is 6. The maximum absolute atomic E-state index is 5.28. The molecule has 0 unspecified atom stereocenters.